The van der Waals surface area contributed by atoms with Crippen molar-refractivity contribution >= 4 is 15.7 Å². The van der Waals surface area contributed by atoms with E-state index in [1.807, 2.05) is 19.9 Å². The van der Waals surface area contributed by atoms with Gasteiger partial charge in [-0.25, -0.2) is 8.42 Å². The highest BCUT2D eigenvalue weighted by Gasteiger charge is 2.31. The van der Waals surface area contributed by atoms with Crippen molar-refractivity contribution in [3.63, 3.8) is 0 Å². The zero-order chi connectivity index (χ0) is 14.0. The van der Waals surface area contributed by atoms with Gasteiger partial charge in [-0.1, -0.05) is 18.3 Å². The quantitative estimate of drug-likeness (QED) is 0.854. The van der Waals surface area contributed by atoms with E-state index in [9.17, 15) is 8.42 Å². The summed E-state index contributed by atoms with van der Waals surface area (Å²) >= 11 is 0. The number of aryl methyl sites for hydroxylation is 1. The summed E-state index contributed by atoms with van der Waals surface area (Å²) < 4.78 is 26.2. The van der Waals surface area contributed by atoms with Crippen molar-refractivity contribution < 1.29 is 13.3 Å². The third-order valence-corrected chi connectivity index (χ3v) is 5.08. The molecule has 0 unspecified atom stereocenters. The van der Waals surface area contributed by atoms with Crippen molar-refractivity contribution in [2.24, 2.45) is 0 Å². The van der Waals surface area contributed by atoms with Gasteiger partial charge in [-0.2, -0.15) is 0 Å². The summed E-state index contributed by atoms with van der Waals surface area (Å²) in [5, 5.41) is 0. The second-order valence-electron chi connectivity index (χ2n) is 4.59. The van der Waals surface area contributed by atoms with E-state index in [1.54, 1.807) is 6.07 Å². The molecule has 1 saturated heterocycles. The number of hydrogen-bond donors (Lipinski definition) is 1. The number of benzene rings is 1. The van der Waals surface area contributed by atoms with E-state index in [2.05, 4.69) is 0 Å². The van der Waals surface area contributed by atoms with Crippen LogP contribution >= 0.6 is 0 Å². The van der Waals surface area contributed by atoms with Crippen molar-refractivity contribution in [1.82, 2.24) is 4.47 Å². The van der Waals surface area contributed by atoms with Gasteiger partial charge >= 0.3 is 0 Å². The maximum Gasteiger partial charge on any atom is 0.265 e. The Kier molecular flexibility index (Phi) is 4.13. The fraction of sp³-hybridized carbons (Fsp3) is 0.538. The number of nitrogens with two attached hydrogens (primary N) is 1. The molecule has 1 aliphatic rings. The van der Waals surface area contributed by atoms with Gasteiger partial charge in [-0.15, -0.1) is 0 Å². The summed E-state index contributed by atoms with van der Waals surface area (Å²) in [6.45, 7) is 4.73. The smallest absolute Gasteiger partial charge is 0.265 e. The zero-order valence-corrected chi connectivity index (χ0v) is 12.2. The molecule has 106 valence electrons. The first-order valence-electron chi connectivity index (χ1n) is 6.57. The highest BCUT2D eigenvalue weighted by atomic mass is 32.2. The first-order chi connectivity index (χ1) is 9.00. The van der Waals surface area contributed by atoms with Crippen molar-refractivity contribution in [3.8, 4) is 0 Å². The van der Waals surface area contributed by atoms with Crippen molar-refractivity contribution in [1.29, 1.82) is 0 Å². The molecule has 19 heavy (non-hydrogen) atoms. The van der Waals surface area contributed by atoms with Crippen LogP contribution in [0, 0.1) is 0 Å². The third kappa shape index (κ3) is 2.61. The van der Waals surface area contributed by atoms with Crippen molar-refractivity contribution in [2.75, 3.05) is 18.9 Å². The normalized spacial score (nSPS) is 16.9. The molecule has 0 spiro atoms. The fourth-order valence-corrected chi connectivity index (χ4v) is 3.94. The Bertz CT molecular complexity index is 563. The van der Waals surface area contributed by atoms with E-state index < -0.39 is 10.0 Å². The highest BCUT2D eigenvalue weighted by Crippen LogP contribution is 2.29. The monoisotopic (exact) mass is 284 g/mol. The van der Waals surface area contributed by atoms with Crippen LogP contribution in [-0.4, -0.2) is 26.0 Å². The van der Waals surface area contributed by atoms with E-state index in [4.69, 9.17) is 10.6 Å². The summed E-state index contributed by atoms with van der Waals surface area (Å²) in [6, 6.07) is 3.56. The lowest BCUT2D eigenvalue weighted by atomic mass is 10.1. The Morgan fingerprint density at radius 2 is 2.05 bits per heavy atom. The molecule has 1 heterocycles. The predicted molar refractivity (Wildman–Crippen MR) is 74.1 cm³/mol. The summed E-state index contributed by atoms with van der Waals surface area (Å²) in [4.78, 5) is 5.48. The van der Waals surface area contributed by atoms with Crippen LogP contribution in [0.2, 0.25) is 0 Å². The summed E-state index contributed by atoms with van der Waals surface area (Å²) in [7, 11) is -3.61. The average Bonchev–Trinajstić information content (AvgIpc) is 2.92. The minimum Gasteiger partial charge on any atom is -0.398 e. The summed E-state index contributed by atoms with van der Waals surface area (Å²) in [5.41, 5.74) is 8.12. The second-order valence-corrected chi connectivity index (χ2v) is 6.38. The molecule has 2 rings (SSSR count). The minimum absolute atomic E-state index is 0.286. The van der Waals surface area contributed by atoms with Gasteiger partial charge in [0.15, 0.2) is 0 Å². The number of hydrogen-bond acceptors (Lipinski definition) is 4. The lowest BCUT2D eigenvalue weighted by Crippen LogP contribution is -2.28. The Labute approximate surface area is 114 Å². The predicted octanol–water partition coefficient (Wildman–Crippen LogP) is 1.72. The molecule has 0 aromatic heterocycles. The molecule has 0 atom stereocenters. The third-order valence-electron chi connectivity index (χ3n) is 3.33. The van der Waals surface area contributed by atoms with Crippen molar-refractivity contribution in [3.05, 3.63) is 23.3 Å². The number of sulfonamides is 1. The standard InChI is InChI=1S/C13H20N2O3S/c1-3-10-8-12(14)11(4-2)13(9-10)19(16,17)15-6-5-7-18-15/h8-9H,3-7,14H2,1-2H3. The first kappa shape index (κ1) is 14.3. The lowest BCUT2D eigenvalue weighted by molar-refractivity contribution is -0.0285. The van der Waals surface area contributed by atoms with Crippen LogP contribution in [0.5, 0.6) is 0 Å². The molecule has 2 N–H and O–H groups in total. The molecule has 0 bridgehead atoms. The highest BCUT2D eigenvalue weighted by molar-refractivity contribution is 7.89. The number of rotatable bonds is 4. The summed E-state index contributed by atoms with van der Waals surface area (Å²) in [6.07, 6.45) is 2.06. The largest absolute Gasteiger partial charge is 0.398 e. The molecule has 1 fully saturated rings. The topological polar surface area (TPSA) is 72.6 Å². The molecule has 0 amide bonds. The van der Waals surface area contributed by atoms with Gasteiger partial charge in [0, 0.05) is 12.2 Å². The average molecular weight is 284 g/mol. The molecule has 0 aliphatic carbocycles. The van der Waals surface area contributed by atoms with Crippen LogP contribution in [0.1, 0.15) is 31.4 Å². The van der Waals surface area contributed by atoms with Gasteiger partial charge < -0.3 is 5.73 Å². The van der Waals surface area contributed by atoms with Crippen LogP contribution in [0.4, 0.5) is 5.69 Å². The SMILES string of the molecule is CCc1cc(N)c(CC)c(S(=O)(=O)N2CCCO2)c1. The van der Waals surface area contributed by atoms with Gasteiger partial charge in [0.1, 0.15) is 0 Å². The number of anilines is 1. The van der Waals surface area contributed by atoms with Crippen LogP contribution < -0.4 is 5.73 Å². The van der Waals surface area contributed by atoms with Gasteiger partial charge in [-0.05, 0) is 42.5 Å². The van der Waals surface area contributed by atoms with Gasteiger partial charge in [0.05, 0.1) is 11.5 Å². The van der Waals surface area contributed by atoms with Gasteiger partial charge in [0.25, 0.3) is 10.0 Å². The molecule has 0 saturated carbocycles. The lowest BCUT2D eigenvalue weighted by Gasteiger charge is -2.18. The second kappa shape index (κ2) is 5.48. The Morgan fingerprint density at radius 1 is 1.32 bits per heavy atom. The number of nitrogen functional groups attached to an aromatic ring is 1. The molecule has 1 aliphatic heterocycles. The van der Waals surface area contributed by atoms with E-state index in [0.717, 1.165) is 22.9 Å². The van der Waals surface area contributed by atoms with Crippen LogP contribution in [0.3, 0.4) is 0 Å². The fourth-order valence-electron chi connectivity index (χ4n) is 2.26. The van der Waals surface area contributed by atoms with E-state index in [1.165, 1.54) is 0 Å². The molecular weight excluding hydrogens is 264 g/mol. The molecule has 1 aromatic carbocycles. The molecule has 0 radical (unpaired) electrons. The van der Waals surface area contributed by atoms with Crippen LogP contribution in [0.25, 0.3) is 0 Å². The van der Waals surface area contributed by atoms with Crippen molar-refractivity contribution in [2.45, 2.75) is 38.0 Å². The Hall–Kier alpha value is -1.11. The first-order valence-corrected chi connectivity index (χ1v) is 8.01. The van der Waals surface area contributed by atoms with Gasteiger partial charge in [-0.3, -0.25) is 4.84 Å². The molecular formula is C13H20N2O3S. The van der Waals surface area contributed by atoms with Crippen LogP contribution in [0.15, 0.2) is 17.0 Å². The van der Waals surface area contributed by atoms with Crippen LogP contribution in [-0.2, 0) is 27.7 Å². The van der Waals surface area contributed by atoms with Gasteiger partial charge in [0.2, 0.25) is 0 Å². The number of nitrogens with zero attached hydrogens (tertiary/aromatic N) is 1. The number of hydroxylamine groups is 1. The molecule has 6 heteroatoms. The maximum atomic E-state index is 12.6. The molecule has 5 nitrogen and oxygen atoms in total. The zero-order valence-electron chi connectivity index (χ0n) is 11.3. The molecule has 1 aromatic rings. The van der Waals surface area contributed by atoms with E-state index >= 15 is 0 Å². The van der Waals surface area contributed by atoms with E-state index in [-0.39, 0.29) is 4.90 Å². The van der Waals surface area contributed by atoms with E-state index in [0.29, 0.717) is 30.8 Å². The summed E-state index contributed by atoms with van der Waals surface area (Å²) in [5.74, 6) is 0. The maximum absolute atomic E-state index is 12.6. The minimum atomic E-state index is -3.61. The Balaban J connectivity index is 2.56. The Morgan fingerprint density at radius 3 is 2.58 bits per heavy atom.